The first-order chi connectivity index (χ1) is 18.3. The molecule has 218 valence electrons. The van der Waals surface area contributed by atoms with Crippen molar-refractivity contribution in [1.82, 2.24) is 0 Å². The summed E-state index contributed by atoms with van der Waals surface area (Å²) in [5.41, 5.74) is -1.16. The second-order valence-electron chi connectivity index (χ2n) is 10.5. The summed E-state index contributed by atoms with van der Waals surface area (Å²) in [4.78, 5) is 12.3. The Hall–Kier alpha value is -2.98. The van der Waals surface area contributed by atoms with E-state index in [0.29, 0.717) is 42.7 Å². The topological polar surface area (TPSA) is 44.8 Å². The highest BCUT2D eigenvalue weighted by molar-refractivity contribution is 5.91. The van der Waals surface area contributed by atoms with Gasteiger partial charge in [0.05, 0.1) is 5.92 Å². The molecule has 2 saturated carbocycles. The molecule has 0 atom stereocenters. The lowest BCUT2D eigenvalue weighted by atomic mass is 9.69. The SMILES string of the molecule is CC1CCC(C2CCC(C(F)(F)Oc3cc(F)c(C(=O)Oc4ccc(OC(F)(F)F)cc4)c(F)c3)CC2)CC1.[HH].[HH]. The standard InChI is InChI=1S/C28H29F7O4.2H2/c1-16-2-4-17(5-3-16)18-6-8-19(9-7-18)27(31,32)38-22-14-23(29)25(24(30)15-22)26(36)37-20-10-12-21(13-11-20)39-28(33,34)35;;/h10-19H,2-9H2,1H3;2*1H. The third-order valence-electron chi connectivity index (χ3n) is 7.72. The van der Waals surface area contributed by atoms with E-state index in [1.807, 2.05) is 0 Å². The van der Waals surface area contributed by atoms with Crippen LogP contribution in [-0.2, 0) is 0 Å². The van der Waals surface area contributed by atoms with E-state index in [-0.39, 0.29) is 21.4 Å². The Bertz CT molecular complexity index is 1120. The number of carbonyl (C=O) groups is 1. The summed E-state index contributed by atoms with van der Waals surface area (Å²) in [6.45, 7) is 2.23. The molecule has 0 saturated heterocycles. The minimum Gasteiger partial charge on any atom is -0.432 e. The molecule has 0 spiro atoms. The molecule has 2 aliphatic carbocycles. The van der Waals surface area contributed by atoms with Crippen molar-refractivity contribution in [2.24, 2.45) is 23.7 Å². The largest absolute Gasteiger partial charge is 0.573 e. The lowest BCUT2D eigenvalue weighted by molar-refractivity contribution is -0.274. The van der Waals surface area contributed by atoms with Gasteiger partial charge in [-0.2, -0.15) is 8.78 Å². The van der Waals surface area contributed by atoms with Crippen LogP contribution in [-0.4, -0.2) is 18.4 Å². The van der Waals surface area contributed by atoms with Crippen molar-refractivity contribution >= 4 is 5.97 Å². The van der Waals surface area contributed by atoms with Crippen molar-refractivity contribution in [3.8, 4) is 17.2 Å². The molecule has 0 heterocycles. The van der Waals surface area contributed by atoms with Crippen LogP contribution in [0.5, 0.6) is 17.2 Å². The van der Waals surface area contributed by atoms with E-state index in [9.17, 15) is 35.5 Å². The van der Waals surface area contributed by atoms with E-state index in [0.717, 1.165) is 49.9 Å². The summed E-state index contributed by atoms with van der Waals surface area (Å²) >= 11 is 0. The van der Waals surface area contributed by atoms with Gasteiger partial charge in [-0.1, -0.05) is 19.8 Å². The molecular formula is C28H33F7O4. The van der Waals surface area contributed by atoms with Gasteiger partial charge in [0.2, 0.25) is 0 Å². The summed E-state index contributed by atoms with van der Waals surface area (Å²) in [5.74, 6) is -5.62. The number of carbonyl (C=O) groups excluding carboxylic acids is 1. The molecule has 4 nitrogen and oxygen atoms in total. The van der Waals surface area contributed by atoms with Crippen LogP contribution in [0.3, 0.4) is 0 Å². The molecule has 0 aromatic heterocycles. The second-order valence-corrected chi connectivity index (χ2v) is 10.5. The first-order valence-electron chi connectivity index (χ1n) is 12.9. The summed E-state index contributed by atoms with van der Waals surface area (Å²) in [6, 6.07) is 4.48. The molecule has 0 amide bonds. The number of esters is 1. The van der Waals surface area contributed by atoms with E-state index < -0.39 is 53.1 Å². The van der Waals surface area contributed by atoms with Crippen LogP contribution in [0.1, 0.15) is 71.5 Å². The van der Waals surface area contributed by atoms with E-state index in [1.165, 1.54) is 0 Å². The molecule has 0 N–H and O–H groups in total. The molecule has 2 aliphatic rings. The minimum absolute atomic E-state index is 0. The zero-order valence-electron chi connectivity index (χ0n) is 21.2. The molecule has 0 radical (unpaired) electrons. The lowest BCUT2D eigenvalue weighted by Gasteiger charge is -2.38. The zero-order valence-corrected chi connectivity index (χ0v) is 21.2. The van der Waals surface area contributed by atoms with Crippen molar-refractivity contribution in [3.05, 3.63) is 53.6 Å². The normalized spacial score (nSPS) is 24.2. The number of rotatable bonds is 7. The molecule has 2 fully saturated rings. The van der Waals surface area contributed by atoms with Crippen LogP contribution in [0.2, 0.25) is 0 Å². The van der Waals surface area contributed by atoms with E-state index in [1.54, 1.807) is 0 Å². The van der Waals surface area contributed by atoms with Crippen molar-refractivity contribution in [1.29, 1.82) is 0 Å². The first kappa shape index (κ1) is 29.0. The van der Waals surface area contributed by atoms with Gasteiger partial charge in [-0.25, -0.2) is 13.6 Å². The van der Waals surface area contributed by atoms with Crippen LogP contribution in [0.4, 0.5) is 30.7 Å². The van der Waals surface area contributed by atoms with Gasteiger partial charge in [0, 0.05) is 15.0 Å². The van der Waals surface area contributed by atoms with Gasteiger partial charge < -0.3 is 14.2 Å². The fourth-order valence-corrected chi connectivity index (χ4v) is 5.60. The van der Waals surface area contributed by atoms with Gasteiger partial charge in [-0.15, -0.1) is 13.2 Å². The average Bonchev–Trinajstić information content (AvgIpc) is 2.84. The van der Waals surface area contributed by atoms with Crippen molar-refractivity contribution in [2.45, 2.75) is 70.8 Å². The van der Waals surface area contributed by atoms with E-state index in [4.69, 9.17) is 9.47 Å². The van der Waals surface area contributed by atoms with Gasteiger partial charge in [-0.05, 0) is 80.5 Å². The van der Waals surface area contributed by atoms with E-state index in [2.05, 4.69) is 11.7 Å². The van der Waals surface area contributed by atoms with Gasteiger partial charge in [0.1, 0.15) is 34.4 Å². The maximum absolute atomic E-state index is 14.9. The Kier molecular flexibility index (Phi) is 8.66. The number of benzene rings is 2. The highest BCUT2D eigenvalue weighted by atomic mass is 19.4. The molecular weight excluding hydrogens is 533 g/mol. The summed E-state index contributed by atoms with van der Waals surface area (Å²) in [5, 5.41) is 0. The summed E-state index contributed by atoms with van der Waals surface area (Å²) in [6.07, 6.45) is -2.24. The fourth-order valence-electron chi connectivity index (χ4n) is 5.60. The maximum Gasteiger partial charge on any atom is 0.573 e. The smallest absolute Gasteiger partial charge is 0.432 e. The molecule has 0 aliphatic heterocycles. The van der Waals surface area contributed by atoms with Crippen LogP contribution in [0.15, 0.2) is 36.4 Å². The fraction of sp³-hybridized carbons (Fsp3) is 0.536. The Morgan fingerprint density at radius 3 is 1.74 bits per heavy atom. The number of halogens is 7. The van der Waals surface area contributed by atoms with Crippen molar-refractivity contribution < 1.29 is 52.6 Å². The number of alkyl halides is 5. The minimum atomic E-state index is -4.93. The number of hydrogen-bond acceptors (Lipinski definition) is 4. The Labute approximate surface area is 224 Å². The van der Waals surface area contributed by atoms with Crippen LogP contribution in [0.25, 0.3) is 0 Å². The lowest BCUT2D eigenvalue weighted by Crippen LogP contribution is -2.38. The summed E-state index contributed by atoms with van der Waals surface area (Å²) in [7, 11) is 0. The highest BCUT2D eigenvalue weighted by Gasteiger charge is 2.45. The third-order valence-corrected chi connectivity index (χ3v) is 7.72. The third kappa shape index (κ3) is 7.57. The number of ether oxygens (including phenoxy) is 3. The molecule has 0 unspecified atom stereocenters. The second kappa shape index (κ2) is 11.6. The number of hydrogen-bond donors (Lipinski definition) is 0. The van der Waals surface area contributed by atoms with Gasteiger partial charge in [0.25, 0.3) is 0 Å². The van der Waals surface area contributed by atoms with Crippen LogP contribution < -0.4 is 14.2 Å². The quantitative estimate of drug-likeness (QED) is 0.190. The van der Waals surface area contributed by atoms with Crippen LogP contribution in [0, 0.1) is 35.3 Å². The monoisotopic (exact) mass is 566 g/mol. The molecule has 2 aromatic rings. The molecule has 4 rings (SSSR count). The summed E-state index contributed by atoms with van der Waals surface area (Å²) < 4.78 is 109. The van der Waals surface area contributed by atoms with Crippen LogP contribution >= 0.6 is 0 Å². The molecule has 2 aromatic carbocycles. The van der Waals surface area contributed by atoms with Crippen molar-refractivity contribution in [2.75, 3.05) is 0 Å². The predicted octanol–water partition coefficient (Wildman–Crippen LogP) is 9.18. The Morgan fingerprint density at radius 1 is 0.744 bits per heavy atom. The van der Waals surface area contributed by atoms with Gasteiger partial charge in [-0.3, -0.25) is 0 Å². The maximum atomic E-state index is 14.9. The highest BCUT2D eigenvalue weighted by Crippen LogP contribution is 2.45. The Balaban J connectivity index is 0.00000294. The first-order valence-corrected chi connectivity index (χ1v) is 12.9. The average molecular weight is 567 g/mol. The zero-order chi connectivity index (χ0) is 28.4. The molecule has 0 bridgehead atoms. The van der Waals surface area contributed by atoms with Gasteiger partial charge in [0.15, 0.2) is 0 Å². The Morgan fingerprint density at radius 2 is 1.23 bits per heavy atom. The molecule has 11 heteroatoms. The molecule has 39 heavy (non-hydrogen) atoms. The van der Waals surface area contributed by atoms with Gasteiger partial charge >= 0.3 is 18.4 Å². The predicted molar refractivity (Wildman–Crippen MR) is 131 cm³/mol. The van der Waals surface area contributed by atoms with Crippen molar-refractivity contribution in [3.63, 3.8) is 0 Å². The van der Waals surface area contributed by atoms with E-state index >= 15 is 0 Å².